The van der Waals surface area contributed by atoms with E-state index in [1.807, 2.05) is 0 Å². The average molecular weight is 238 g/mol. The van der Waals surface area contributed by atoms with Gasteiger partial charge in [-0.05, 0) is 0 Å². The van der Waals surface area contributed by atoms with Crippen molar-refractivity contribution in [2.45, 2.75) is 0 Å². The number of hydrogen-bond donors (Lipinski definition) is 0. The molecule has 0 aliphatic heterocycles. The molecule has 0 spiro atoms. The van der Waals surface area contributed by atoms with E-state index in [1.165, 1.54) is 0 Å². The molecule has 0 amide bonds. The summed E-state index contributed by atoms with van der Waals surface area (Å²) >= 11 is 0. The van der Waals surface area contributed by atoms with Crippen LogP contribution in [0.2, 0.25) is 0 Å². The fourth-order valence-electron chi connectivity index (χ4n) is 0. The minimum absolute atomic E-state index is 0. The van der Waals surface area contributed by atoms with Crippen molar-refractivity contribution in [1.29, 1.82) is 0 Å². The van der Waals surface area contributed by atoms with Crippen LogP contribution in [0.15, 0.2) is 0 Å². The zero-order chi connectivity index (χ0) is 8.08. The summed E-state index contributed by atoms with van der Waals surface area (Å²) in [7, 11) is -5.17. The molecule has 11 heteroatoms. The first-order chi connectivity index (χ1) is 3.73. The van der Waals surface area contributed by atoms with Crippen LogP contribution in [0.1, 0.15) is 0 Å². The monoisotopic (exact) mass is 238 g/mol. The molecule has 56 valence electrons. The molecular formula is Ca2NO7S+. The summed E-state index contributed by atoms with van der Waals surface area (Å²) in [6.07, 6.45) is 0. The standard InChI is InChI=1S/2Ca.NO3.H2O4S/c;;2-1(3)4;1-5(2,3)4/h;;;(H2,1,2,3,4)/q2*+2;-1;/p-2. The van der Waals surface area contributed by atoms with Gasteiger partial charge in [-0.2, -0.15) is 0 Å². The Bertz CT molecular complexity index is 159. The van der Waals surface area contributed by atoms with Gasteiger partial charge in [0.15, 0.2) is 0 Å². The van der Waals surface area contributed by atoms with Crippen LogP contribution in [0, 0.1) is 15.3 Å². The summed E-state index contributed by atoms with van der Waals surface area (Å²) in [6, 6.07) is 0. The molecule has 0 atom stereocenters. The Labute approximate surface area is 122 Å². The zero-order valence-corrected chi connectivity index (χ0v) is 10.4. The number of hydrogen-bond acceptors (Lipinski definition) is 7. The summed E-state index contributed by atoms with van der Waals surface area (Å²) in [5, 5.41) is 14.8. The second-order valence-electron chi connectivity index (χ2n) is 0.632. The van der Waals surface area contributed by atoms with Gasteiger partial charge in [-0.15, -0.1) is 0 Å². The van der Waals surface area contributed by atoms with E-state index in [-0.39, 0.29) is 75.5 Å². The van der Waals surface area contributed by atoms with E-state index in [1.54, 1.807) is 0 Å². The first-order valence-corrected chi connectivity index (χ1v) is 2.55. The largest absolute Gasteiger partial charge is 2.00 e. The number of rotatable bonds is 0. The van der Waals surface area contributed by atoms with E-state index < -0.39 is 15.5 Å². The maximum atomic E-state index is 8.52. The molecule has 11 heavy (non-hydrogen) atoms. The molecule has 0 radical (unpaired) electrons. The smallest absolute Gasteiger partial charge is 0.759 e. The Morgan fingerprint density at radius 2 is 1.00 bits per heavy atom. The Hall–Kier alpha value is 1.59. The van der Waals surface area contributed by atoms with Gasteiger partial charge in [0.1, 0.15) is 0 Å². The second kappa shape index (κ2) is 11.6. The Morgan fingerprint density at radius 1 is 1.00 bits per heavy atom. The molecule has 0 aromatic heterocycles. The van der Waals surface area contributed by atoms with Gasteiger partial charge in [0, 0.05) is 10.4 Å². The Kier molecular flexibility index (Phi) is 24.1. The van der Waals surface area contributed by atoms with Crippen molar-refractivity contribution in [2.24, 2.45) is 0 Å². The maximum absolute atomic E-state index is 8.52. The number of nitrogens with zero attached hydrogens (tertiary/aromatic N) is 1. The van der Waals surface area contributed by atoms with Crippen molar-refractivity contribution in [3.8, 4) is 0 Å². The third-order valence-electron chi connectivity index (χ3n) is 0. The van der Waals surface area contributed by atoms with Crippen LogP contribution in [0.4, 0.5) is 0 Å². The molecular weight excluding hydrogens is 238 g/mol. The van der Waals surface area contributed by atoms with E-state index in [0.717, 1.165) is 0 Å². The van der Waals surface area contributed by atoms with Crippen molar-refractivity contribution < 1.29 is 22.6 Å². The quantitative estimate of drug-likeness (QED) is 0.151. The maximum Gasteiger partial charge on any atom is 2.00 e. The zero-order valence-electron chi connectivity index (χ0n) is 5.13. The van der Waals surface area contributed by atoms with Gasteiger partial charge in [-0.3, -0.25) is 8.42 Å². The van der Waals surface area contributed by atoms with Crippen molar-refractivity contribution in [3.63, 3.8) is 0 Å². The van der Waals surface area contributed by atoms with Crippen LogP contribution in [0.25, 0.3) is 0 Å². The molecule has 0 fully saturated rings. The van der Waals surface area contributed by atoms with Gasteiger partial charge in [0.25, 0.3) is 0 Å². The minimum Gasteiger partial charge on any atom is -0.759 e. The topological polar surface area (TPSA) is 146 Å². The van der Waals surface area contributed by atoms with Crippen molar-refractivity contribution in [1.82, 2.24) is 0 Å². The van der Waals surface area contributed by atoms with Gasteiger partial charge < -0.3 is 24.4 Å². The van der Waals surface area contributed by atoms with Gasteiger partial charge in [-0.1, -0.05) is 0 Å². The molecule has 0 heterocycles. The third kappa shape index (κ3) is 422. The van der Waals surface area contributed by atoms with Gasteiger partial charge in [0.05, 0.1) is 5.09 Å². The Morgan fingerprint density at radius 3 is 1.00 bits per heavy atom. The predicted molar refractivity (Wildman–Crippen MR) is 32.3 cm³/mol. The summed E-state index contributed by atoms with van der Waals surface area (Å²) in [5.41, 5.74) is 0. The van der Waals surface area contributed by atoms with Gasteiger partial charge in [0.2, 0.25) is 0 Å². The van der Waals surface area contributed by atoms with Crippen LogP contribution in [-0.4, -0.2) is 98.1 Å². The van der Waals surface area contributed by atoms with E-state index in [9.17, 15) is 0 Å². The summed E-state index contributed by atoms with van der Waals surface area (Å²) < 4.78 is 34.1. The van der Waals surface area contributed by atoms with Crippen molar-refractivity contribution >= 4 is 85.9 Å². The van der Waals surface area contributed by atoms with Crippen molar-refractivity contribution in [3.05, 3.63) is 15.3 Å². The van der Waals surface area contributed by atoms with Crippen LogP contribution >= 0.6 is 0 Å². The fourth-order valence-corrected chi connectivity index (χ4v) is 0. The molecule has 0 unspecified atom stereocenters. The van der Waals surface area contributed by atoms with Crippen LogP contribution in [0.3, 0.4) is 0 Å². The van der Waals surface area contributed by atoms with Crippen molar-refractivity contribution in [2.75, 3.05) is 0 Å². The predicted octanol–water partition coefficient (Wildman–Crippen LogP) is -2.34. The first kappa shape index (κ1) is 22.9. The normalized spacial score (nSPS) is 7.45. The van der Waals surface area contributed by atoms with Gasteiger partial charge >= 0.3 is 75.5 Å². The summed E-state index contributed by atoms with van der Waals surface area (Å²) in [4.78, 5) is 8.25. The van der Waals surface area contributed by atoms with Crippen LogP contribution in [-0.2, 0) is 10.4 Å². The molecule has 0 aromatic carbocycles. The Balaban J connectivity index is -0.0000000383. The first-order valence-electron chi connectivity index (χ1n) is 1.21. The van der Waals surface area contributed by atoms with Crippen LogP contribution in [0.5, 0.6) is 0 Å². The van der Waals surface area contributed by atoms with Crippen LogP contribution < -0.4 is 0 Å². The summed E-state index contributed by atoms with van der Waals surface area (Å²) in [5.74, 6) is 0. The van der Waals surface area contributed by atoms with E-state index in [4.69, 9.17) is 32.8 Å². The van der Waals surface area contributed by atoms with E-state index in [2.05, 4.69) is 0 Å². The molecule has 0 N–H and O–H groups in total. The molecule has 0 aliphatic carbocycles. The molecule has 0 rings (SSSR count). The molecule has 0 bridgehead atoms. The molecule has 0 aliphatic rings. The molecule has 8 nitrogen and oxygen atoms in total. The minimum atomic E-state index is -5.17. The molecule has 0 saturated heterocycles. The molecule has 0 aromatic rings. The average Bonchev–Trinajstić information content (AvgIpc) is 1.19. The van der Waals surface area contributed by atoms with Gasteiger partial charge in [-0.25, -0.2) is 0 Å². The summed E-state index contributed by atoms with van der Waals surface area (Å²) in [6.45, 7) is 0. The fraction of sp³-hybridized carbons (Fsp3) is 0. The molecule has 0 saturated carbocycles. The van der Waals surface area contributed by atoms with E-state index >= 15 is 0 Å². The second-order valence-corrected chi connectivity index (χ2v) is 1.45. The van der Waals surface area contributed by atoms with E-state index in [0.29, 0.717) is 0 Å². The SMILES string of the molecule is O=S(=O)([O-])[O-].O=[N+]([O-])[O-].[Ca+2].[Ca+2]. The third-order valence-corrected chi connectivity index (χ3v) is 0.